The molecule has 0 aliphatic carbocycles. The van der Waals surface area contributed by atoms with E-state index in [9.17, 15) is 23.3 Å². The zero-order chi connectivity index (χ0) is 20.0. The Bertz CT molecular complexity index is 930. The van der Waals surface area contributed by atoms with Crippen LogP contribution >= 0.6 is 0 Å². The fourth-order valence-electron chi connectivity index (χ4n) is 2.22. The maximum absolute atomic E-state index is 12.4. The summed E-state index contributed by atoms with van der Waals surface area (Å²) in [5, 5.41) is 11.3. The molecule has 0 unspecified atom stereocenters. The average Bonchev–Trinajstić information content (AvgIpc) is 2.65. The first-order valence-corrected chi connectivity index (χ1v) is 9.28. The van der Waals surface area contributed by atoms with Crippen molar-refractivity contribution in [1.29, 1.82) is 0 Å². The van der Waals surface area contributed by atoms with E-state index in [4.69, 9.17) is 4.74 Å². The largest absolute Gasteiger partial charge is 0.489 e. The van der Waals surface area contributed by atoms with Crippen LogP contribution in [0.15, 0.2) is 53.4 Å². The van der Waals surface area contributed by atoms with Crippen molar-refractivity contribution in [3.05, 3.63) is 64.2 Å². The van der Waals surface area contributed by atoms with Gasteiger partial charge in [0.2, 0.25) is 10.0 Å². The second-order valence-electron chi connectivity index (χ2n) is 5.53. The molecule has 9 nitrogen and oxygen atoms in total. The number of rotatable bonds is 8. The number of hydrogen-bond donors (Lipinski definition) is 1. The predicted molar refractivity (Wildman–Crippen MR) is 95.7 cm³/mol. The summed E-state index contributed by atoms with van der Waals surface area (Å²) in [6.07, 6.45) is 0. The molecular weight excluding hydrogens is 376 g/mol. The Hall–Kier alpha value is -2.98. The number of esters is 1. The number of nitrogens with one attached hydrogen (secondary N) is 1. The molecule has 2 aromatic rings. The molecule has 0 heterocycles. The number of nitro groups is 1. The van der Waals surface area contributed by atoms with Gasteiger partial charge in [-0.1, -0.05) is 30.3 Å². The molecule has 144 valence electrons. The van der Waals surface area contributed by atoms with E-state index in [-0.39, 0.29) is 12.4 Å². The number of hydrogen-bond acceptors (Lipinski definition) is 7. The van der Waals surface area contributed by atoms with Crippen LogP contribution in [0, 0.1) is 10.1 Å². The van der Waals surface area contributed by atoms with Crippen LogP contribution in [0.2, 0.25) is 0 Å². The molecular formula is C17H18N2O7S. The van der Waals surface area contributed by atoms with Gasteiger partial charge in [-0.05, 0) is 24.6 Å². The number of benzene rings is 2. The van der Waals surface area contributed by atoms with Crippen LogP contribution in [0.3, 0.4) is 0 Å². The van der Waals surface area contributed by atoms with Crippen molar-refractivity contribution < 1.29 is 27.6 Å². The van der Waals surface area contributed by atoms with E-state index in [0.717, 1.165) is 24.8 Å². The van der Waals surface area contributed by atoms with Crippen LogP contribution in [0.1, 0.15) is 12.5 Å². The Morgan fingerprint density at radius 1 is 1.22 bits per heavy atom. The van der Waals surface area contributed by atoms with Gasteiger partial charge in [0, 0.05) is 0 Å². The fourth-order valence-corrected chi connectivity index (χ4v) is 3.56. The van der Waals surface area contributed by atoms with Crippen LogP contribution in [-0.4, -0.2) is 32.5 Å². The molecule has 0 fully saturated rings. The molecule has 0 saturated carbocycles. The summed E-state index contributed by atoms with van der Waals surface area (Å²) in [6.45, 7) is 1.44. The maximum atomic E-state index is 12.4. The highest BCUT2D eigenvalue weighted by Gasteiger charge is 2.30. The van der Waals surface area contributed by atoms with E-state index in [0.29, 0.717) is 0 Å². The summed E-state index contributed by atoms with van der Waals surface area (Å²) in [5.41, 5.74) is 0.190. The molecule has 0 aromatic heterocycles. The van der Waals surface area contributed by atoms with E-state index in [1.54, 1.807) is 0 Å². The smallest absolute Gasteiger partial charge is 0.323 e. The third-order valence-corrected chi connectivity index (χ3v) is 5.14. The molecule has 0 aliphatic heterocycles. The Morgan fingerprint density at radius 3 is 2.48 bits per heavy atom. The number of ether oxygens (including phenoxy) is 2. The van der Waals surface area contributed by atoms with Crippen LogP contribution in [0.4, 0.5) is 5.69 Å². The Balaban J connectivity index is 2.27. The lowest BCUT2D eigenvalue weighted by atomic mass is 10.2. The summed E-state index contributed by atoms with van der Waals surface area (Å²) < 4.78 is 36.8. The van der Waals surface area contributed by atoms with E-state index in [1.165, 1.54) is 13.0 Å². The van der Waals surface area contributed by atoms with Crippen molar-refractivity contribution in [2.24, 2.45) is 0 Å². The van der Waals surface area contributed by atoms with E-state index >= 15 is 0 Å². The molecule has 10 heteroatoms. The van der Waals surface area contributed by atoms with Gasteiger partial charge in [0.05, 0.1) is 18.1 Å². The average molecular weight is 394 g/mol. The topological polar surface area (TPSA) is 125 Å². The molecule has 0 amide bonds. The Labute approximate surface area is 156 Å². The van der Waals surface area contributed by atoms with Gasteiger partial charge in [-0.2, -0.15) is 4.72 Å². The van der Waals surface area contributed by atoms with E-state index < -0.39 is 37.5 Å². The maximum Gasteiger partial charge on any atom is 0.323 e. The van der Waals surface area contributed by atoms with Gasteiger partial charge in [-0.3, -0.25) is 14.9 Å². The standard InChI is InChI=1S/C17H18N2O7S/c1-12(17(20)25-2)18-27(23,24)16-9-8-14(10-15(16)19(21)22)26-11-13-6-4-3-5-7-13/h3-10,12,18H,11H2,1-2H3/t12-/m0/s1. The highest BCUT2D eigenvalue weighted by molar-refractivity contribution is 7.89. The first kappa shape index (κ1) is 20.3. The van der Waals surface area contributed by atoms with Gasteiger partial charge in [-0.15, -0.1) is 0 Å². The zero-order valence-corrected chi connectivity index (χ0v) is 15.4. The molecule has 0 saturated heterocycles. The van der Waals surface area contributed by atoms with Crippen LogP contribution in [0.5, 0.6) is 5.75 Å². The first-order valence-electron chi connectivity index (χ1n) is 7.80. The van der Waals surface area contributed by atoms with Crippen LogP contribution in [-0.2, 0) is 26.2 Å². The van der Waals surface area contributed by atoms with Crippen molar-refractivity contribution in [2.75, 3.05) is 7.11 Å². The molecule has 0 spiro atoms. The quantitative estimate of drug-likeness (QED) is 0.412. The van der Waals surface area contributed by atoms with Crippen molar-refractivity contribution >= 4 is 21.7 Å². The second-order valence-corrected chi connectivity index (χ2v) is 7.21. The number of carbonyl (C=O) groups excluding carboxylic acids is 1. The predicted octanol–water partition coefficient (Wildman–Crippen LogP) is 2.01. The van der Waals surface area contributed by atoms with Crippen molar-refractivity contribution in [1.82, 2.24) is 4.72 Å². The Kier molecular flexibility index (Phi) is 6.48. The minimum absolute atomic E-state index is 0.144. The fraction of sp³-hybridized carbons (Fsp3) is 0.235. The highest BCUT2D eigenvalue weighted by Crippen LogP contribution is 2.29. The van der Waals surface area contributed by atoms with Gasteiger partial charge in [0.1, 0.15) is 18.4 Å². The third-order valence-electron chi connectivity index (χ3n) is 3.55. The SMILES string of the molecule is COC(=O)[C@H](C)NS(=O)(=O)c1ccc(OCc2ccccc2)cc1[N+](=O)[O-]. The lowest BCUT2D eigenvalue weighted by Gasteiger charge is -2.13. The summed E-state index contributed by atoms with van der Waals surface area (Å²) in [4.78, 5) is 21.3. The van der Waals surface area contributed by atoms with Crippen molar-refractivity contribution in [3.8, 4) is 5.75 Å². The second kappa shape index (κ2) is 8.60. The zero-order valence-electron chi connectivity index (χ0n) is 14.6. The molecule has 1 atom stereocenters. The number of methoxy groups -OCH3 is 1. The third kappa shape index (κ3) is 5.25. The van der Waals surface area contributed by atoms with Gasteiger partial charge in [0.25, 0.3) is 5.69 Å². The minimum atomic E-state index is -4.32. The van der Waals surface area contributed by atoms with Gasteiger partial charge < -0.3 is 9.47 Å². The lowest BCUT2D eigenvalue weighted by molar-refractivity contribution is -0.387. The number of nitro benzene ring substituents is 1. The molecule has 0 bridgehead atoms. The Morgan fingerprint density at radius 2 is 1.89 bits per heavy atom. The number of nitrogens with zero attached hydrogens (tertiary/aromatic N) is 1. The van der Waals surface area contributed by atoms with Crippen LogP contribution in [0.25, 0.3) is 0 Å². The minimum Gasteiger partial charge on any atom is -0.489 e. The number of carbonyl (C=O) groups is 1. The summed E-state index contributed by atoms with van der Waals surface area (Å²) in [7, 11) is -3.22. The van der Waals surface area contributed by atoms with E-state index in [2.05, 4.69) is 4.74 Å². The number of sulfonamides is 1. The first-order chi connectivity index (χ1) is 12.7. The molecule has 2 rings (SSSR count). The van der Waals surface area contributed by atoms with Crippen molar-refractivity contribution in [2.45, 2.75) is 24.5 Å². The molecule has 0 radical (unpaired) electrons. The van der Waals surface area contributed by atoms with Crippen molar-refractivity contribution in [3.63, 3.8) is 0 Å². The summed E-state index contributed by atoms with van der Waals surface area (Å²) in [6, 6.07) is 11.3. The normalized spacial score (nSPS) is 12.2. The summed E-state index contributed by atoms with van der Waals surface area (Å²) >= 11 is 0. The molecule has 27 heavy (non-hydrogen) atoms. The van der Waals surface area contributed by atoms with Gasteiger partial charge in [0.15, 0.2) is 4.90 Å². The highest BCUT2D eigenvalue weighted by atomic mass is 32.2. The molecule has 2 aromatic carbocycles. The van der Waals surface area contributed by atoms with E-state index in [1.807, 2.05) is 35.1 Å². The molecule has 1 N–H and O–H groups in total. The van der Waals surface area contributed by atoms with Crippen LogP contribution < -0.4 is 9.46 Å². The summed E-state index contributed by atoms with van der Waals surface area (Å²) in [5.74, 6) is -0.672. The lowest BCUT2D eigenvalue weighted by Crippen LogP contribution is -2.39. The van der Waals surface area contributed by atoms with Gasteiger partial charge in [-0.25, -0.2) is 8.42 Å². The monoisotopic (exact) mass is 394 g/mol. The molecule has 0 aliphatic rings. The van der Waals surface area contributed by atoms with Gasteiger partial charge >= 0.3 is 5.97 Å².